The Balaban J connectivity index is 1.53. The topological polar surface area (TPSA) is 55.3 Å². The van der Waals surface area contributed by atoms with E-state index in [2.05, 4.69) is 54.9 Å². The van der Waals surface area contributed by atoms with Gasteiger partial charge in [0, 0.05) is 47.4 Å². The van der Waals surface area contributed by atoms with Crippen molar-refractivity contribution in [3.8, 4) is 32.1 Å². The van der Waals surface area contributed by atoms with Crippen LogP contribution in [0.15, 0.2) is 54.7 Å². The normalized spacial score (nSPS) is 14.8. The van der Waals surface area contributed by atoms with Crippen LogP contribution in [-0.4, -0.2) is 35.6 Å². The van der Waals surface area contributed by atoms with Crippen LogP contribution in [0.3, 0.4) is 0 Å². The summed E-state index contributed by atoms with van der Waals surface area (Å²) in [5, 5.41) is 0.908. The van der Waals surface area contributed by atoms with E-state index in [0.717, 1.165) is 80.7 Å². The summed E-state index contributed by atoms with van der Waals surface area (Å²) in [5.41, 5.74) is 8.29. The quantitative estimate of drug-likeness (QED) is 0.215. The number of esters is 1. The largest absolute Gasteiger partial charge is 0.466 e. The van der Waals surface area contributed by atoms with Crippen molar-refractivity contribution in [1.29, 1.82) is 0 Å². The minimum atomic E-state index is -0.247. The number of thiazole rings is 1. The Morgan fingerprint density at radius 3 is 2.25 bits per heavy atom. The molecule has 5 rings (SSSR count). The highest BCUT2D eigenvalue weighted by Gasteiger charge is 2.30. The molecule has 0 N–H and O–H groups in total. The molecule has 0 amide bonds. The first-order valence-electron chi connectivity index (χ1n) is 13.9. The maximum Gasteiger partial charge on any atom is 0.310 e. The fraction of sp³-hybridized carbons (Fsp3) is 0.364. The number of carbonyl (C=O) groups excluding carboxylic acids is 1. The van der Waals surface area contributed by atoms with E-state index in [0.29, 0.717) is 12.0 Å². The molecule has 0 aliphatic carbocycles. The van der Waals surface area contributed by atoms with Crippen LogP contribution in [0.5, 0.6) is 0 Å². The van der Waals surface area contributed by atoms with Crippen LogP contribution in [0, 0.1) is 25.1 Å². The van der Waals surface area contributed by atoms with E-state index in [1.165, 1.54) is 12.1 Å². The van der Waals surface area contributed by atoms with Gasteiger partial charge in [0.15, 0.2) is 0 Å². The van der Waals surface area contributed by atoms with Crippen LogP contribution >= 0.6 is 11.3 Å². The third kappa shape index (κ3) is 5.94. The molecule has 40 heavy (non-hydrogen) atoms. The third-order valence-corrected chi connectivity index (χ3v) is 8.87. The molecule has 1 aliphatic heterocycles. The number of benzene rings is 2. The first kappa shape index (κ1) is 28.0. The monoisotopic (exact) mass is 557 g/mol. The van der Waals surface area contributed by atoms with Gasteiger partial charge in [-0.1, -0.05) is 50.2 Å². The molecule has 0 saturated carbocycles. The van der Waals surface area contributed by atoms with Gasteiger partial charge in [-0.25, -0.2) is 9.37 Å². The number of anilines is 1. The molecule has 0 spiro atoms. The SMILES string of the molecule is CCOC(=O)Cc1c(C)nc(C)c(-c2ccc(-c3ncc(-c4ccc(F)cc4)s3)cc2)c1N1CCC(C)(C)CC1. The Kier molecular flexibility index (Phi) is 8.04. The Labute approximate surface area is 240 Å². The number of hydrogen-bond acceptors (Lipinski definition) is 6. The van der Waals surface area contributed by atoms with Crippen molar-refractivity contribution in [2.75, 3.05) is 24.6 Å². The lowest BCUT2D eigenvalue weighted by Gasteiger charge is -2.40. The van der Waals surface area contributed by atoms with E-state index < -0.39 is 0 Å². The van der Waals surface area contributed by atoms with E-state index in [1.807, 2.05) is 20.0 Å². The van der Waals surface area contributed by atoms with Crippen molar-refractivity contribution in [2.24, 2.45) is 5.41 Å². The zero-order valence-electron chi connectivity index (χ0n) is 23.9. The lowest BCUT2D eigenvalue weighted by molar-refractivity contribution is -0.142. The highest BCUT2D eigenvalue weighted by molar-refractivity contribution is 7.18. The van der Waals surface area contributed by atoms with Crippen LogP contribution in [0.25, 0.3) is 32.1 Å². The molecule has 0 atom stereocenters. The Bertz CT molecular complexity index is 1500. The summed E-state index contributed by atoms with van der Waals surface area (Å²) >= 11 is 1.59. The second-order valence-electron chi connectivity index (χ2n) is 11.2. The molecule has 0 radical (unpaired) electrons. The van der Waals surface area contributed by atoms with Gasteiger partial charge < -0.3 is 9.64 Å². The summed E-state index contributed by atoms with van der Waals surface area (Å²) in [6.07, 6.45) is 4.22. The third-order valence-electron chi connectivity index (χ3n) is 7.77. The maximum atomic E-state index is 13.4. The second-order valence-corrected chi connectivity index (χ2v) is 12.3. The predicted octanol–water partition coefficient (Wildman–Crippen LogP) is 8.03. The van der Waals surface area contributed by atoms with Gasteiger partial charge in [0.1, 0.15) is 10.8 Å². The fourth-order valence-corrected chi connectivity index (χ4v) is 6.33. The molecule has 2 aromatic heterocycles. The zero-order valence-corrected chi connectivity index (χ0v) is 24.7. The van der Waals surface area contributed by atoms with E-state index in [4.69, 9.17) is 9.72 Å². The number of rotatable bonds is 7. The van der Waals surface area contributed by atoms with Crippen molar-refractivity contribution in [3.05, 3.63) is 77.5 Å². The number of aryl methyl sites for hydroxylation is 2. The molecule has 3 heterocycles. The van der Waals surface area contributed by atoms with Crippen molar-refractivity contribution >= 4 is 23.0 Å². The molecule has 2 aromatic carbocycles. The summed E-state index contributed by atoms with van der Waals surface area (Å²) in [4.78, 5) is 25.6. The number of hydrogen-bond donors (Lipinski definition) is 0. The van der Waals surface area contributed by atoms with Crippen LogP contribution in [0.2, 0.25) is 0 Å². The van der Waals surface area contributed by atoms with E-state index >= 15 is 0 Å². The van der Waals surface area contributed by atoms with Gasteiger partial charge in [0.05, 0.1) is 23.6 Å². The van der Waals surface area contributed by atoms with Crippen LogP contribution < -0.4 is 4.90 Å². The zero-order chi connectivity index (χ0) is 28.4. The molecule has 4 aromatic rings. The van der Waals surface area contributed by atoms with Gasteiger partial charge in [-0.2, -0.15) is 0 Å². The molecule has 5 nitrogen and oxygen atoms in total. The van der Waals surface area contributed by atoms with Gasteiger partial charge in [-0.05, 0) is 62.3 Å². The number of carbonyl (C=O) groups is 1. The van der Waals surface area contributed by atoms with Crippen LogP contribution in [0.4, 0.5) is 10.1 Å². The van der Waals surface area contributed by atoms with Crippen LogP contribution in [-0.2, 0) is 16.0 Å². The average Bonchev–Trinajstić information content (AvgIpc) is 3.41. The first-order valence-corrected chi connectivity index (χ1v) is 14.7. The van der Waals surface area contributed by atoms with Gasteiger partial charge in [0.25, 0.3) is 0 Å². The molecule has 0 bridgehead atoms. The molecule has 0 unspecified atom stereocenters. The van der Waals surface area contributed by atoms with E-state index in [9.17, 15) is 9.18 Å². The van der Waals surface area contributed by atoms with Gasteiger partial charge in [-0.15, -0.1) is 11.3 Å². The first-order chi connectivity index (χ1) is 19.1. The smallest absolute Gasteiger partial charge is 0.310 e. The Morgan fingerprint density at radius 1 is 0.975 bits per heavy atom. The van der Waals surface area contributed by atoms with Crippen LogP contribution in [0.1, 0.15) is 50.6 Å². The van der Waals surface area contributed by atoms with E-state index in [-0.39, 0.29) is 18.2 Å². The average molecular weight is 558 g/mol. The minimum absolute atomic E-state index is 0.207. The summed E-state index contributed by atoms with van der Waals surface area (Å²) in [6.45, 7) is 12.8. The van der Waals surface area contributed by atoms with Gasteiger partial charge >= 0.3 is 5.97 Å². The van der Waals surface area contributed by atoms with Crippen molar-refractivity contribution in [3.63, 3.8) is 0 Å². The number of halogens is 1. The highest BCUT2D eigenvalue weighted by atomic mass is 32.1. The fourth-order valence-electron chi connectivity index (χ4n) is 5.40. The number of ether oxygens (including phenoxy) is 1. The standard InChI is InChI=1S/C33H36FN3O2S/c1-6-39-29(38)19-27-21(2)36-22(3)30(31(27)37-17-15-33(4,5)16-18-37)24-7-9-25(10-8-24)32-35-20-28(40-32)23-11-13-26(34)14-12-23/h7-14,20H,6,15-19H2,1-5H3. The minimum Gasteiger partial charge on any atom is -0.466 e. The number of piperidine rings is 1. The lowest BCUT2D eigenvalue weighted by atomic mass is 9.82. The Morgan fingerprint density at radius 2 is 1.60 bits per heavy atom. The number of nitrogens with zero attached hydrogens (tertiary/aromatic N) is 3. The number of pyridine rings is 1. The summed E-state index contributed by atoms with van der Waals surface area (Å²) < 4.78 is 18.7. The summed E-state index contributed by atoms with van der Waals surface area (Å²) in [6, 6.07) is 14.9. The van der Waals surface area contributed by atoms with Crippen molar-refractivity contribution in [2.45, 2.75) is 53.9 Å². The number of aromatic nitrogens is 2. The van der Waals surface area contributed by atoms with Gasteiger partial charge in [0.2, 0.25) is 0 Å². The maximum absolute atomic E-state index is 13.4. The lowest BCUT2D eigenvalue weighted by Crippen LogP contribution is -2.38. The van der Waals surface area contributed by atoms with Crippen molar-refractivity contribution < 1.29 is 13.9 Å². The highest BCUT2D eigenvalue weighted by Crippen LogP contribution is 2.42. The van der Waals surface area contributed by atoms with Gasteiger partial charge in [-0.3, -0.25) is 9.78 Å². The van der Waals surface area contributed by atoms with Crippen molar-refractivity contribution in [1.82, 2.24) is 9.97 Å². The molecular formula is C33H36FN3O2S. The summed E-state index contributed by atoms with van der Waals surface area (Å²) in [7, 11) is 0. The molecule has 1 fully saturated rings. The summed E-state index contributed by atoms with van der Waals surface area (Å²) in [5.74, 6) is -0.472. The molecule has 1 saturated heterocycles. The second kappa shape index (κ2) is 11.5. The Hall–Kier alpha value is -3.58. The predicted molar refractivity (Wildman–Crippen MR) is 161 cm³/mol. The van der Waals surface area contributed by atoms with E-state index in [1.54, 1.807) is 23.5 Å². The molecular weight excluding hydrogens is 521 g/mol. The molecule has 208 valence electrons. The molecule has 7 heteroatoms. The molecule has 1 aliphatic rings.